The maximum Gasteiger partial charge on any atom is 0.276 e. The molecule has 3 aromatic rings. The van der Waals surface area contributed by atoms with Gasteiger partial charge in [-0.25, -0.2) is 4.68 Å². The van der Waals surface area contributed by atoms with Crippen LogP contribution in [-0.2, 0) is 29.1 Å². The number of aryl methyl sites for hydroxylation is 2. The number of rotatable bonds is 4. The van der Waals surface area contributed by atoms with E-state index in [9.17, 15) is 9.59 Å². The van der Waals surface area contributed by atoms with Crippen LogP contribution in [0.15, 0.2) is 48.5 Å². The van der Waals surface area contributed by atoms with E-state index >= 15 is 0 Å². The van der Waals surface area contributed by atoms with Crippen LogP contribution in [0.2, 0.25) is 0 Å². The SMILES string of the molecule is Cc1ccc([C@@H]2Cn3nnc(C(=O)N4CCC(C(=O)N[C@@H]5CCc6ccccc65)CC4)c3CO2)cc1. The second kappa shape index (κ2) is 9.50. The summed E-state index contributed by atoms with van der Waals surface area (Å²) in [7, 11) is 0. The van der Waals surface area contributed by atoms with Crippen molar-refractivity contribution < 1.29 is 14.3 Å². The molecule has 1 aliphatic carbocycles. The molecule has 1 saturated heterocycles. The molecular weight excluding hydrogens is 454 g/mol. The minimum atomic E-state index is -0.128. The Morgan fingerprint density at radius 1 is 1.03 bits per heavy atom. The number of hydrogen-bond acceptors (Lipinski definition) is 5. The highest BCUT2D eigenvalue weighted by Crippen LogP contribution is 2.32. The minimum Gasteiger partial charge on any atom is -0.365 e. The second-order valence-corrected chi connectivity index (χ2v) is 10.1. The quantitative estimate of drug-likeness (QED) is 0.611. The molecule has 2 aromatic carbocycles. The Bertz CT molecular complexity index is 1280. The Labute approximate surface area is 210 Å². The van der Waals surface area contributed by atoms with Gasteiger partial charge in [0.2, 0.25) is 5.91 Å². The Morgan fingerprint density at radius 3 is 2.61 bits per heavy atom. The van der Waals surface area contributed by atoms with E-state index in [0.29, 0.717) is 44.8 Å². The fourth-order valence-corrected chi connectivity index (χ4v) is 5.65. The predicted molar refractivity (Wildman–Crippen MR) is 133 cm³/mol. The number of ether oxygens (including phenoxy) is 1. The van der Waals surface area contributed by atoms with Crippen molar-refractivity contribution >= 4 is 11.8 Å². The van der Waals surface area contributed by atoms with Crippen molar-refractivity contribution in [2.75, 3.05) is 13.1 Å². The molecule has 6 rings (SSSR count). The first-order valence-electron chi connectivity index (χ1n) is 12.8. The summed E-state index contributed by atoms with van der Waals surface area (Å²) in [6, 6.07) is 16.7. The lowest BCUT2D eigenvalue weighted by Crippen LogP contribution is -2.44. The molecule has 2 amide bonds. The molecule has 0 unspecified atom stereocenters. The van der Waals surface area contributed by atoms with Gasteiger partial charge in [0.25, 0.3) is 5.91 Å². The van der Waals surface area contributed by atoms with Crippen LogP contribution >= 0.6 is 0 Å². The number of carbonyl (C=O) groups is 2. The van der Waals surface area contributed by atoms with Crippen LogP contribution in [0.25, 0.3) is 0 Å². The average Bonchev–Trinajstić information content (AvgIpc) is 3.53. The van der Waals surface area contributed by atoms with Crippen molar-refractivity contribution in [2.45, 2.75) is 57.9 Å². The van der Waals surface area contributed by atoms with Gasteiger partial charge in [0.15, 0.2) is 5.69 Å². The number of aromatic nitrogens is 3. The summed E-state index contributed by atoms with van der Waals surface area (Å²) in [6.07, 6.45) is 3.16. The maximum absolute atomic E-state index is 13.3. The van der Waals surface area contributed by atoms with Crippen molar-refractivity contribution in [3.8, 4) is 0 Å². The number of nitrogens with one attached hydrogen (secondary N) is 1. The van der Waals surface area contributed by atoms with Crippen molar-refractivity contribution in [2.24, 2.45) is 5.92 Å². The molecule has 36 heavy (non-hydrogen) atoms. The topological polar surface area (TPSA) is 89.4 Å². The lowest BCUT2D eigenvalue weighted by atomic mass is 9.95. The molecule has 3 heterocycles. The first-order valence-corrected chi connectivity index (χ1v) is 12.8. The number of amides is 2. The van der Waals surface area contributed by atoms with Gasteiger partial charge < -0.3 is 15.0 Å². The predicted octanol–water partition coefficient (Wildman–Crippen LogP) is 3.51. The van der Waals surface area contributed by atoms with Gasteiger partial charge in [0.05, 0.1) is 24.9 Å². The molecule has 3 aliphatic rings. The van der Waals surface area contributed by atoms with E-state index in [1.54, 1.807) is 9.58 Å². The van der Waals surface area contributed by atoms with Crippen LogP contribution in [-0.4, -0.2) is 44.8 Å². The lowest BCUT2D eigenvalue weighted by molar-refractivity contribution is -0.127. The number of benzene rings is 2. The van der Waals surface area contributed by atoms with Gasteiger partial charge in [0, 0.05) is 19.0 Å². The van der Waals surface area contributed by atoms with Gasteiger partial charge in [-0.15, -0.1) is 5.10 Å². The van der Waals surface area contributed by atoms with Gasteiger partial charge in [-0.2, -0.15) is 0 Å². The van der Waals surface area contributed by atoms with Crippen LogP contribution < -0.4 is 5.32 Å². The summed E-state index contributed by atoms with van der Waals surface area (Å²) < 4.78 is 7.87. The molecule has 0 bridgehead atoms. The second-order valence-electron chi connectivity index (χ2n) is 10.1. The van der Waals surface area contributed by atoms with E-state index in [2.05, 4.69) is 65.0 Å². The molecule has 1 fully saturated rings. The smallest absolute Gasteiger partial charge is 0.276 e. The zero-order chi connectivity index (χ0) is 24.6. The molecule has 186 valence electrons. The highest BCUT2D eigenvalue weighted by Gasteiger charge is 2.34. The fraction of sp³-hybridized carbons (Fsp3) is 0.429. The van der Waals surface area contributed by atoms with Crippen molar-refractivity contribution in [1.82, 2.24) is 25.2 Å². The van der Waals surface area contributed by atoms with Crippen molar-refractivity contribution in [3.63, 3.8) is 0 Å². The fourth-order valence-electron chi connectivity index (χ4n) is 5.65. The number of nitrogens with zero attached hydrogens (tertiary/aromatic N) is 4. The Balaban J connectivity index is 1.05. The van der Waals surface area contributed by atoms with Crippen LogP contribution in [0.1, 0.15) is 69.8 Å². The monoisotopic (exact) mass is 485 g/mol. The van der Waals surface area contributed by atoms with E-state index in [1.807, 2.05) is 6.07 Å². The third-order valence-corrected chi connectivity index (χ3v) is 7.85. The summed E-state index contributed by atoms with van der Waals surface area (Å²) in [6.45, 7) is 3.97. The normalized spacial score (nSPS) is 21.6. The van der Waals surface area contributed by atoms with E-state index in [-0.39, 0.29) is 29.9 Å². The van der Waals surface area contributed by atoms with Gasteiger partial charge >= 0.3 is 0 Å². The average molecular weight is 486 g/mol. The summed E-state index contributed by atoms with van der Waals surface area (Å²) in [5, 5.41) is 11.7. The molecule has 2 aliphatic heterocycles. The van der Waals surface area contributed by atoms with Gasteiger partial charge in [-0.05, 0) is 49.3 Å². The number of fused-ring (bicyclic) bond motifs is 2. The van der Waals surface area contributed by atoms with Crippen LogP contribution in [0.3, 0.4) is 0 Å². The first-order chi connectivity index (χ1) is 17.6. The van der Waals surface area contributed by atoms with Gasteiger partial charge in [-0.1, -0.05) is 59.3 Å². The highest BCUT2D eigenvalue weighted by atomic mass is 16.5. The summed E-state index contributed by atoms with van der Waals surface area (Å²) in [5.74, 6) is -0.105. The third kappa shape index (κ3) is 4.30. The van der Waals surface area contributed by atoms with Crippen molar-refractivity contribution in [3.05, 3.63) is 82.2 Å². The molecule has 0 radical (unpaired) electrons. The highest BCUT2D eigenvalue weighted by molar-refractivity contribution is 5.93. The number of piperidine rings is 1. The van der Waals surface area contributed by atoms with Crippen LogP contribution in [0.5, 0.6) is 0 Å². The summed E-state index contributed by atoms with van der Waals surface area (Å²) in [4.78, 5) is 28.0. The first kappa shape index (κ1) is 22.9. The Hall–Kier alpha value is -3.52. The standard InChI is InChI=1S/C28H31N5O3/c1-18-6-8-20(9-7-18)25-16-33-24(17-36-25)26(30-31-33)28(35)32-14-12-21(13-15-32)27(34)29-23-11-10-19-4-2-3-5-22(19)23/h2-9,21,23,25H,10-17H2,1H3,(H,29,34)/t23-,25+/m1/s1. The molecule has 8 nitrogen and oxygen atoms in total. The Kier molecular flexibility index (Phi) is 6.05. The minimum absolute atomic E-state index is 0.0746. The Morgan fingerprint density at radius 2 is 1.81 bits per heavy atom. The third-order valence-electron chi connectivity index (χ3n) is 7.85. The van der Waals surface area contributed by atoms with E-state index in [1.165, 1.54) is 16.7 Å². The molecule has 0 saturated carbocycles. The van der Waals surface area contributed by atoms with Gasteiger partial charge in [0.1, 0.15) is 6.10 Å². The summed E-state index contributed by atoms with van der Waals surface area (Å²) in [5.41, 5.74) is 5.95. The summed E-state index contributed by atoms with van der Waals surface area (Å²) >= 11 is 0. The van der Waals surface area contributed by atoms with Gasteiger partial charge in [-0.3, -0.25) is 9.59 Å². The number of hydrogen-bond donors (Lipinski definition) is 1. The lowest BCUT2D eigenvalue weighted by Gasteiger charge is -2.32. The largest absolute Gasteiger partial charge is 0.365 e. The molecule has 1 N–H and O–H groups in total. The van der Waals surface area contributed by atoms with E-state index in [4.69, 9.17) is 4.74 Å². The molecule has 8 heteroatoms. The number of likely N-dealkylation sites (tertiary alicyclic amines) is 1. The molecule has 0 spiro atoms. The zero-order valence-electron chi connectivity index (χ0n) is 20.5. The zero-order valence-corrected chi connectivity index (χ0v) is 20.5. The van der Waals surface area contributed by atoms with Crippen LogP contribution in [0, 0.1) is 12.8 Å². The van der Waals surface area contributed by atoms with Crippen LogP contribution in [0.4, 0.5) is 0 Å². The molecule has 2 atom stereocenters. The number of carbonyl (C=O) groups excluding carboxylic acids is 2. The molecular formula is C28H31N5O3. The molecule has 1 aromatic heterocycles. The maximum atomic E-state index is 13.3. The van der Waals surface area contributed by atoms with E-state index in [0.717, 1.165) is 24.1 Å². The van der Waals surface area contributed by atoms with E-state index < -0.39 is 0 Å². The van der Waals surface area contributed by atoms with Crippen molar-refractivity contribution in [1.29, 1.82) is 0 Å².